The minimum absolute atomic E-state index is 0.00521. The molecular formula is C19H22N2O5. The Morgan fingerprint density at radius 2 is 1.65 bits per heavy atom. The lowest BCUT2D eigenvalue weighted by Crippen LogP contribution is -2.25. The average Bonchev–Trinajstić information content (AvgIpc) is 2.62. The molecule has 0 aliphatic carbocycles. The van der Waals surface area contributed by atoms with Gasteiger partial charge in [-0.05, 0) is 29.8 Å². The fourth-order valence-corrected chi connectivity index (χ4v) is 2.47. The van der Waals surface area contributed by atoms with E-state index in [2.05, 4.69) is 4.74 Å². The smallest absolute Gasteiger partial charge is 0.308 e. The Bertz CT molecular complexity index is 716. The maximum Gasteiger partial charge on any atom is 0.308 e. The molecule has 0 saturated carbocycles. The molecule has 0 saturated heterocycles. The van der Waals surface area contributed by atoms with Gasteiger partial charge in [0.05, 0.1) is 6.42 Å². The molecule has 0 heterocycles. The zero-order valence-electron chi connectivity index (χ0n) is 14.2. The van der Waals surface area contributed by atoms with Crippen LogP contribution in [-0.4, -0.2) is 30.1 Å². The van der Waals surface area contributed by atoms with Gasteiger partial charge in [0, 0.05) is 23.6 Å². The van der Waals surface area contributed by atoms with Gasteiger partial charge in [-0.1, -0.05) is 30.3 Å². The second kappa shape index (κ2) is 9.67. The standard InChI is InChI=1S/C19H22N2O5/c20-16-8-6-14(7-9-16)17(22)10-15(13-4-2-1-3-5-13)11-18(23)25-12-26-19(21)24/h1-9,15,19,24H,10-12,20-21H2. The van der Waals surface area contributed by atoms with Crippen molar-refractivity contribution in [3.63, 3.8) is 0 Å². The van der Waals surface area contributed by atoms with Gasteiger partial charge in [-0.25, -0.2) is 0 Å². The summed E-state index contributed by atoms with van der Waals surface area (Å²) >= 11 is 0. The third-order valence-electron chi connectivity index (χ3n) is 3.81. The van der Waals surface area contributed by atoms with E-state index in [1.807, 2.05) is 30.3 Å². The molecule has 26 heavy (non-hydrogen) atoms. The van der Waals surface area contributed by atoms with Crippen molar-refractivity contribution < 1.29 is 24.2 Å². The van der Waals surface area contributed by atoms with Gasteiger partial charge in [0.1, 0.15) is 0 Å². The van der Waals surface area contributed by atoms with Crippen molar-refractivity contribution in [2.45, 2.75) is 25.2 Å². The van der Waals surface area contributed by atoms with Gasteiger partial charge in [0.25, 0.3) is 0 Å². The lowest BCUT2D eigenvalue weighted by molar-refractivity contribution is -0.182. The second-order valence-electron chi connectivity index (χ2n) is 5.75. The third kappa shape index (κ3) is 6.29. The van der Waals surface area contributed by atoms with E-state index >= 15 is 0 Å². The largest absolute Gasteiger partial charge is 0.438 e. The number of ketones is 1. The molecule has 0 aliphatic rings. The predicted octanol–water partition coefficient (Wildman–Crippen LogP) is 1.77. The first-order valence-corrected chi connectivity index (χ1v) is 8.10. The summed E-state index contributed by atoms with van der Waals surface area (Å²) in [6, 6.07) is 15.9. The van der Waals surface area contributed by atoms with Gasteiger partial charge in [-0.2, -0.15) is 0 Å². The van der Waals surface area contributed by atoms with Crippen molar-refractivity contribution >= 4 is 17.4 Å². The van der Waals surface area contributed by atoms with E-state index in [0.29, 0.717) is 11.3 Å². The quantitative estimate of drug-likeness (QED) is 0.270. The maximum absolute atomic E-state index is 12.6. The summed E-state index contributed by atoms with van der Waals surface area (Å²) in [5.41, 5.74) is 12.6. The van der Waals surface area contributed by atoms with E-state index in [1.165, 1.54) is 0 Å². The third-order valence-corrected chi connectivity index (χ3v) is 3.81. The Morgan fingerprint density at radius 3 is 2.27 bits per heavy atom. The van der Waals surface area contributed by atoms with Gasteiger partial charge >= 0.3 is 5.97 Å². The van der Waals surface area contributed by atoms with Gasteiger partial charge < -0.3 is 20.3 Å². The van der Waals surface area contributed by atoms with E-state index in [0.717, 1.165) is 5.56 Å². The number of nitrogens with two attached hydrogens (primary N) is 2. The van der Waals surface area contributed by atoms with Crippen LogP contribution < -0.4 is 11.5 Å². The Kier molecular flexibility index (Phi) is 7.28. The highest BCUT2D eigenvalue weighted by Gasteiger charge is 2.21. The fourth-order valence-electron chi connectivity index (χ4n) is 2.47. The zero-order chi connectivity index (χ0) is 18.9. The van der Waals surface area contributed by atoms with Gasteiger partial charge in [-0.3, -0.25) is 15.3 Å². The molecule has 2 aromatic carbocycles. The van der Waals surface area contributed by atoms with Crippen LogP contribution >= 0.6 is 0 Å². The van der Waals surface area contributed by atoms with E-state index in [4.69, 9.17) is 21.3 Å². The number of rotatable bonds is 9. The Morgan fingerprint density at radius 1 is 1.00 bits per heavy atom. The molecule has 0 bridgehead atoms. The van der Waals surface area contributed by atoms with Crippen molar-refractivity contribution in [2.24, 2.45) is 5.73 Å². The van der Waals surface area contributed by atoms with Crippen molar-refractivity contribution in [1.29, 1.82) is 0 Å². The summed E-state index contributed by atoms with van der Waals surface area (Å²) < 4.78 is 9.45. The molecule has 2 atom stereocenters. The number of Topliss-reactive ketones (excluding diaryl/α,β-unsaturated/α-hetero) is 1. The molecule has 7 nitrogen and oxygen atoms in total. The van der Waals surface area contributed by atoms with Crippen LogP contribution in [0.25, 0.3) is 0 Å². The number of carbonyl (C=O) groups excluding carboxylic acids is 2. The van der Waals surface area contributed by atoms with Crippen LogP contribution in [0.15, 0.2) is 54.6 Å². The molecule has 0 fully saturated rings. The average molecular weight is 358 g/mol. The number of ether oxygens (including phenoxy) is 2. The minimum Gasteiger partial charge on any atom is -0.438 e. The minimum atomic E-state index is -1.51. The normalized spacial score (nSPS) is 13.0. The van der Waals surface area contributed by atoms with E-state index in [9.17, 15) is 9.59 Å². The van der Waals surface area contributed by atoms with Crippen LogP contribution in [0.5, 0.6) is 0 Å². The maximum atomic E-state index is 12.6. The first-order valence-electron chi connectivity index (χ1n) is 8.10. The number of benzene rings is 2. The molecule has 2 rings (SSSR count). The SMILES string of the molecule is Nc1ccc(C(=O)CC(CC(=O)OCOC(N)O)c2ccccc2)cc1. The fraction of sp³-hybridized carbons (Fsp3) is 0.263. The summed E-state index contributed by atoms with van der Waals surface area (Å²) in [6.07, 6.45) is -1.38. The monoisotopic (exact) mass is 358 g/mol. The number of nitrogen functional groups attached to an aromatic ring is 1. The van der Waals surface area contributed by atoms with E-state index in [-0.39, 0.29) is 24.5 Å². The first-order chi connectivity index (χ1) is 12.5. The van der Waals surface area contributed by atoms with Crippen LogP contribution in [0.4, 0.5) is 5.69 Å². The van der Waals surface area contributed by atoms with Gasteiger partial charge in [0.15, 0.2) is 12.6 Å². The molecule has 5 N–H and O–H groups in total. The number of esters is 1. The molecule has 0 aromatic heterocycles. The Hall–Kier alpha value is -2.74. The number of aliphatic hydroxyl groups is 1. The van der Waals surface area contributed by atoms with Crippen molar-refractivity contribution in [3.8, 4) is 0 Å². The molecule has 0 spiro atoms. The lowest BCUT2D eigenvalue weighted by atomic mass is 9.89. The van der Waals surface area contributed by atoms with Gasteiger partial charge in [-0.15, -0.1) is 0 Å². The molecule has 7 heteroatoms. The number of carbonyl (C=O) groups is 2. The summed E-state index contributed by atoms with van der Waals surface area (Å²) in [7, 11) is 0. The highest BCUT2D eigenvalue weighted by Crippen LogP contribution is 2.26. The van der Waals surface area contributed by atoms with E-state index < -0.39 is 19.2 Å². The number of aliphatic hydroxyl groups excluding tert-OH is 1. The lowest BCUT2D eigenvalue weighted by Gasteiger charge is -2.16. The summed E-state index contributed by atoms with van der Waals surface area (Å²) in [5.74, 6) is -0.999. The molecule has 0 aliphatic heterocycles. The Balaban J connectivity index is 2.05. The predicted molar refractivity (Wildman–Crippen MR) is 95.8 cm³/mol. The molecule has 2 aromatic rings. The molecule has 2 unspecified atom stereocenters. The molecule has 0 amide bonds. The number of hydrogen-bond donors (Lipinski definition) is 3. The van der Waals surface area contributed by atoms with E-state index in [1.54, 1.807) is 24.3 Å². The van der Waals surface area contributed by atoms with Crippen LogP contribution in [0, 0.1) is 0 Å². The highest BCUT2D eigenvalue weighted by molar-refractivity contribution is 5.97. The molecular weight excluding hydrogens is 336 g/mol. The van der Waals surface area contributed by atoms with Crippen molar-refractivity contribution in [2.75, 3.05) is 12.5 Å². The Labute approximate surface area is 151 Å². The topological polar surface area (TPSA) is 125 Å². The number of hydrogen-bond acceptors (Lipinski definition) is 7. The highest BCUT2D eigenvalue weighted by atomic mass is 16.7. The van der Waals surface area contributed by atoms with Gasteiger partial charge in [0.2, 0.25) is 6.41 Å². The first kappa shape index (κ1) is 19.6. The van der Waals surface area contributed by atoms with Crippen molar-refractivity contribution in [1.82, 2.24) is 0 Å². The van der Waals surface area contributed by atoms with Crippen molar-refractivity contribution in [3.05, 3.63) is 65.7 Å². The molecule has 0 radical (unpaired) electrons. The summed E-state index contributed by atoms with van der Waals surface area (Å²) in [5, 5.41) is 8.80. The number of anilines is 1. The summed E-state index contributed by atoms with van der Waals surface area (Å²) in [4.78, 5) is 24.6. The van der Waals surface area contributed by atoms with Crippen LogP contribution in [0.3, 0.4) is 0 Å². The van der Waals surface area contributed by atoms with Crippen LogP contribution in [0.2, 0.25) is 0 Å². The molecule has 138 valence electrons. The van der Waals surface area contributed by atoms with Crippen LogP contribution in [0.1, 0.15) is 34.7 Å². The zero-order valence-corrected chi connectivity index (χ0v) is 14.2. The summed E-state index contributed by atoms with van der Waals surface area (Å²) in [6.45, 7) is -0.454. The second-order valence-corrected chi connectivity index (χ2v) is 5.75. The van der Waals surface area contributed by atoms with Crippen LogP contribution in [-0.2, 0) is 14.3 Å².